The molecule has 0 radical (unpaired) electrons. The molecule has 11 nitrogen and oxygen atoms in total. The summed E-state index contributed by atoms with van der Waals surface area (Å²) in [6.45, 7) is 6.25. The average molecular weight is 586 g/mol. The van der Waals surface area contributed by atoms with Crippen LogP contribution in [0.4, 0.5) is 5.69 Å². The fraction of sp³-hybridized carbons (Fsp3) is 0.344. The summed E-state index contributed by atoms with van der Waals surface area (Å²) in [5.74, 6) is 2.54. The lowest BCUT2D eigenvalue weighted by Crippen LogP contribution is -2.26. The molecule has 0 saturated heterocycles. The summed E-state index contributed by atoms with van der Waals surface area (Å²) in [7, 11) is 4.86. The summed E-state index contributed by atoms with van der Waals surface area (Å²) in [5, 5.41) is 8.17. The highest BCUT2D eigenvalue weighted by Gasteiger charge is 2.16. The molecule has 0 atom stereocenters. The van der Waals surface area contributed by atoms with Crippen molar-refractivity contribution in [2.75, 3.05) is 34.4 Å². The monoisotopic (exact) mass is 585 g/mol. The molecule has 0 amide bonds. The maximum absolute atomic E-state index is 11.8. The molecular weight excluding hydrogens is 546 g/mol. The molecule has 2 heterocycles. The van der Waals surface area contributed by atoms with Crippen molar-refractivity contribution in [3.63, 3.8) is 0 Å². The molecule has 226 valence electrons. The van der Waals surface area contributed by atoms with Crippen LogP contribution in [-0.2, 0) is 11.4 Å². The number of nitrogens with zero attached hydrogens (tertiary/aromatic N) is 6. The molecule has 1 aliphatic rings. The van der Waals surface area contributed by atoms with Crippen molar-refractivity contribution in [3.05, 3.63) is 70.7 Å². The molecule has 1 aromatic heterocycles. The Balaban J connectivity index is 1.57. The van der Waals surface area contributed by atoms with E-state index >= 15 is 0 Å². The molecule has 2 N–H and O–H groups in total. The van der Waals surface area contributed by atoms with Gasteiger partial charge in [-0.1, -0.05) is 38.1 Å². The number of hydrogen-bond donors (Lipinski definition) is 1. The van der Waals surface area contributed by atoms with E-state index in [0.717, 1.165) is 60.4 Å². The Morgan fingerprint density at radius 3 is 2.28 bits per heavy atom. The van der Waals surface area contributed by atoms with Gasteiger partial charge in [-0.15, -0.1) is 5.06 Å². The van der Waals surface area contributed by atoms with E-state index in [9.17, 15) is 4.79 Å². The molecule has 0 saturated carbocycles. The van der Waals surface area contributed by atoms with Crippen molar-refractivity contribution in [2.24, 2.45) is 15.8 Å². The van der Waals surface area contributed by atoms with Crippen molar-refractivity contribution < 1.29 is 19.1 Å². The molecule has 0 aliphatic carbocycles. The van der Waals surface area contributed by atoms with E-state index in [1.54, 1.807) is 30.4 Å². The van der Waals surface area contributed by atoms with Gasteiger partial charge < -0.3 is 20.0 Å². The molecule has 4 rings (SSSR count). The Hall–Kier alpha value is -4.77. The number of aldehydes is 1. The van der Waals surface area contributed by atoms with Gasteiger partial charge in [0.2, 0.25) is 11.8 Å². The van der Waals surface area contributed by atoms with Crippen LogP contribution in [0.1, 0.15) is 60.4 Å². The Morgan fingerprint density at radius 1 is 0.953 bits per heavy atom. The van der Waals surface area contributed by atoms with E-state index in [0.29, 0.717) is 47.5 Å². The lowest BCUT2D eigenvalue weighted by molar-refractivity contribution is -0.119. The van der Waals surface area contributed by atoms with Gasteiger partial charge in [0.15, 0.2) is 12.1 Å². The Kier molecular flexibility index (Phi) is 10.8. The zero-order valence-corrected chi connectivity index (χ0v) is 25.4. The van der Waals surface area contributed by atoms with Gasteiger partial charge in [0.05, 0.1) is 45.2 Å². The van der Waals surface area contributed by atoms with Crippen LogP contribution in [0.15, 0.2) is 58.3 Å². The van der Waals surface area contributed by atoms with Crippen molar-refractivity contribution in [1.82, 2.24) is 20.0 Å². The quantitative estimate of drug-likeness (QED) is 0.154. The summed E-state index contributed by atoms with van der Waals surface area (Å²) >= 11 is 0. The summed E-state index contributed by atoms with van der Waals surface area (Å²) in [4.78, 5) is 31.4. The number of hydrazone groups is 1. The van der Waals surface area contributed by atoms with E-state index in [2.05, 4.69) is 33.9 Å². The third kappa shape index (κ3) is 8.39. The van der Waals surface area contributed by atoms with Crippen LogP contribution >= 0.6 is 0 Å². The first-order valence-corrected chi connectivity index (χ1v) is 14.3. The van der Waals surface area contributed by atoms with E-state index < -0.39 is 0 Å². The molecule has 0 fully saturated rings. The molecule has 0 spiro atoms. The minimum Gasteiger partial charge on any atom is -0.481 e. The number of carbonyl (C=O) groups is 1. The van der Waals surface area contributed by atoms with Crippen LogP contribution in [0, 0.1) is 0 Å². The Morgan fingerprint density at radius 2 is 1.63 bits per heavy atom. The van der Waals surface area contributed by atoms with Gasteiger partial charge in [-0.25, -0.2) is 4.99 Å². The fourth-order valence-corrected chi connectivity index (χ4v) is 4.57. The lowest BCUT2D eigenvalue weighted by Gasteiger charge is -2.22. The number of carbonyl (C=O) groups excluding carboxylic acids is 1. The van der Waals surface area contributed by atoms with E-state index in [-0.39, 0.29) is 0 Å². The van der Waals surface area contributed by atoms with Crippen molar-refractivity contribution in [2.45, 2.75) is 39.7 Å². The number of ether oxygens (including phenoxy) is 2. The van der Waals surface area contributed by atoms with Crippen LogP contribution in [0.2, 0.25) is 0 Å². The molecule has 2 aromatic carbocycles. The van der Waals surface area contributed by atoms with Crippen LogP contribution in [-0.4, -0.2) is 72.7 Å². The normalized spacial score (nSPS) is 12.8. The summed E-state index contributed by atoms with van der Waals surface area (Å²) in [6.07, 6.45) is 6.89. The van der Waals surface area contributed by atoms with Gasteiger partial charge in [0.1, 0.15) is 11.6 Å². The molecule has 43 heavy (non-hydrogen) atoms. The zero-order valence-electron chi connectivity index (χ0n) is 25.4. The van der Waals surface area contributed by atoms with Crippen molar-refractivity contribution in [3.8, 4) is 22.9 Å². The summed E-state index contributed by atoms with van der Waals surface area (Å²) < 4.78 is 10.5. The lowest BCUT2D eigenvalue weighted by atomic mass is 9.98. The standard InChI is InChI=1S/C32H39N7O4/c1-6-12-39(13-7-2)43-27-15-24-10-8-23(16-28(24)35-29(33)17-27)22-9-11-25(21-40)26(14-22)19-34-38(3)20-30-36-31(41-4)18-32(37-30)42-5/h8-11,14-16,18-19,21H,6-7,12-13,17,20H2,1-5H3,(H2,33,35)/b34-19-. The van der Waals surface area contributed by atoms with Crippen LogP contribution in [0.5, 0.6) is 11.8 Å². The average Bonchev–Trinajstić information content (AvgIpc) is 3.16. The molecular formula is C32H39N7O4. The van der Waals surface area contributed by atoms with E-state index in [1.807, 2.05) is 41.5 Å². The van der Waals surface area contributed by atoms with Crippen molar-refractivity contribution in [1.29, 1.82) is 0 Å². The predicted molar refractivity (Wildman–Crippen MR) is 169 cm³/mol. The number of hydrogen-bond acceptors (Lipinski definition) is 11. The van der Waals surface area contributed by atoms with Crippen LogP contribution in [0.3, 0.4) is 0 Å². The molecule has 0 unspecified atom stereocenters. The second-order valence-corrected chi connectivity index (χ2v) is 10.1. The number of rotatable bonds is 14. The van der Waals surface area contributed by atoms with E-state index in [1.165, 1.54) is 14.2 Å². The highest BCUT2D eigenvalue weighted by molar-refractivity contribution is 5.95. The van der Waals surface area contributed by atoms with Crippen LogP contribution in [0.25, 0.3) is 17.2 Å². The third-order valence-electron chi connectivity index (χ3n) is 6.61. The number of hydroxylamine groups is 2. The van der Waals surface area contributed by atoms with Gasteiger partial charge in [0, 0.05) is 36.8 Å². The fourth-order valence-electron chi connectivity index (χ4n) is 4.57. The minimum atomic E-state index is 0.304. The molecule has 11 heteroatoms. The van der Waals surface area contributed by atoms with E-state index in [4.69, 9.17) is 20.0 Å². The van der Waals surface area contributed by atoms with Gasteiger partial charge in [-0.05, 0) is 42.2 Å². The maximum atomic E-state index is 11.8. The number of amidine groups is 1. The minimum absolute atomic E-state index is 0.304. The van der Waals surface area contributed by atoms with Gasteiger partial charge in [-0.2, -0.15) is 15.1 Å². The topological polar surface area (TPSA) is 128 Å². The molecule has 3 aromatic rings. The second-order valence-electron chi connectivity index (χ2n) is 10.1. The zero-order chi connectivity index (χ0) is 30.8. The third-order valence-corrected chi connectivity index (χ3v) is 6.61. The largest absolute Gasteiger partial charge is 0.481 e. The summed E-state index contributed by atoms with van der Waals surface area (Å²) in [6, 6.07) is 13.3. The van der Waals surface area contributed by atoms with Crippen LogP contribution < -0.4 is 15.2 Å². The molecule has 0 bridgehead atoms. The summed E-state index contributed by atoms with van der Waals surface area (Å²) in [5.41, 5.74) is 11.0. The van der Waals surface area contributed by atoms with Gasteiger partial charge in [0.25, 0.3) is 0 Å². The molecule has 1 aliphatic heterocycles. The number of aromatic nitrogens is 2. The SMILES string of the molecule is CCCN(CCC)OC1=Cc2ccc(-c3ccc(C=O)c(/C=N\N(C)Cc4nc(OC)cc(OC)n4)c3)cc2N=C(N)C1. The number of aliphatic imine (C=N–C) groups is 1. The number of methoxy groups -OCH3 is 2. The Labute approximate surface area is 252 Å². The number of nitrogens with two attached hydrogens (primary N) is 1. The highest BCUT2D eigenvalue weighted by Crippen LogP contribution is 2.32. The van der Waals surface area contributed by atoms with Gasteiger partial charge in [-0.3, -0.25) is 9.80 Å². The smallest absolute Gasteiger partial charge is 0.220 e. The van der Waals surface area contributed by atoms with Gasteiger partial charge >= 0.3 is 0 Å². The highest BCUT2D eigenvalue weighted by atomic mass is 16.7. The predicted octanol–water partition coefficient (Wildman–Crippen LogP) is 5.23. The first kappa shape index (κ1) is 31.2. The number of benzene rings is 2. The first-order valence-electron chi connectivity index (χ1n) is 14.3. The Bertz CT molecular complexity index is 1490. The number of fused-ring (bicyclic) bond motifs is 1. The first-order chi connectivity index (χ1) is 20.8. The van der Waals surface area contributed by atoms with Crippen molar-refractivity contribution >= 4 is 30.1 Å². The maximum Gasteiger partial charge on any atom is 0.220 e. The second kappa shape index (κ2) is 14.9.